The fourth-order valence-electron chi connectivity index (χ4n) is 9.30. The van der Waals surface area contributed by atoms with E-state index >= 15 is 0 Å². The van der Waals surface area contributed by atoms with E-state index in [1.807, 2.05) is 0 Å². The van der Waals surface area contributed by atoms with E-state index in [1.165, 1.54) is 109 Å². The van der Waals surface area contributed by atoms with Crippen molar-refractivity contribution in [1.29, 1.82) is 0 Å². The lowest BCUT2D eigenvalue weighted by Crippen LogP contribution is -2.30. The summed E-state index contributed by atoms with van der Waals surface area (Å²) in [6.07, 6.45) is 35.0. The van der Waals surface area contributed by atoms with Gasteiger partial charge in [-0.1, -0.05) is 254 Å². The van der Waals surface area contributed by atoms with Crippen molar-refractivity contribution in [1.82, 2.24) is 0 Å². The summed E-state index contributed by atoms with van der Waals surface area (Å²) in [5.74, 6) is -0.00287. The molecular weight excluding hydrogens is 1090 g/mol. The van der Waals surface area contributed by atoms with Crippen molar-refractivity contribution in [2.24, 2.45) is 17.8 Å². The number of rotatable bonds is 61. The van der Waals surface area contributed by atoms with Crippen molar-refractivity contribution in [3.63, 3.8) is 0 Å². The zero-order chi connectivity index (χ0) is 61.0. The fraction of sp³-hybridized carbons (Fsp3) is 0.937. The van der Waals surface area contributed by atoms with Gasteiger partial charge >= 0.3 is 39.5 Å². The molecule has 0 amide bonds. The van der Waals surface area contributed by atoms with Crippen LogP contribution in [0.25, 0.3) is 0 Å². The van der Waals surface area contributed by atoms with E-state index in [0.29, 0.717) is 37.5 Å². The van der Waals surface area contributed by atoms with Crippen molar-refractivity contribution in [2.45, 2.75) is 324 Å². The van der Waals surface area contributed by atoms with Gasteiger partial charge in [0.2, 0.25) is 0 Å². The highest BCUT2D eigenvalue weighted by atomic mass is 31.2. The highest BCUT2D eigenvalue weighted by Crippen LogP contribution is 2.45. The van der Waals surface area contributed by atoms with Crippen LogP contribution >= 0.6 is 15.6 Å². The van der Waals surface area contributed by atoms with Gasteiger partial charge in [0.15, 0.2) is 12.2 Å². The molecule has 0 aromatic heterocycles. The molecule has 0 aliphatic rings. The Kier molecular flexibility index (Phi) is 53.2. The third-order valence-corrected chi connectivity index (χ3v) is 16.3. The summed E-state index contributed by atoms with van der Waals surface area (Å²) in [6.45, 7) is 11.6. The first-order valence-corrected chi connectivity index (χ1v) is 35.8. The first-order chi connectivity index (χ1) is 39.2. The Morgan fingerprint density at radius 2 is 0.561 bits per heavy atom. The Morgan fingerprint density at radius 3 is 0.829 bits per heavy atom. The number of aliphatic hydroxyl groups excluding tert-OH is 1. The molecule has 0 aliphatic carbocycles. The standard InChI is InChI=1S/C63H122O17P2/c1-8-9-10-11-12-13-16-23-30-37-44-60(65)73-50-59(80-63(68)47-40-33-26-19-22-29-36-43-56(6)7)53-78-82(71,72)76-49-57(64)48-75-81(69,70)77-52-58(51-74-61(66)45-38-31-25-18-21-28-35-42-55(4)5)79-62(67)46-39-32-24-17-14-15-20-27-34-41-54(2)3/h54-59,64H,8-53H2,1-7H3,(H,69,70)(H,71,72)/t57-,58-,59-/m1/s1. The highest BCUT2D eigenvalue weighted by Gasteiger charge is 2.30. The molecule has 19 heteroatoms. The van der Waals surface area contributed by atoms with Crippen molar-refractivity contribution in [2.75, 3.05) is 39.6 Å². The van der Waals surface area contributed by atoms with Crippen LogP contribution in [0.2, 0.25) is 0 Å². The Hall–Kier alpha value is -1.94. The third-order valence-electron chi connectivity index (χ3n) is 14.4. The molecule has 0 spiro atoms. The summed E-state index contributed by atoms with van der Waals surface area (Å²) in [6, 6.07) is 0. The molecule has 0 saturated carbocycles. The molecule has 0 aliphatic heterocycles. The number of phosphoric acid groups is 2. The van der Waals surface area contributed by atoms with Crippen molar-refractivity contribution in [3.05, 3.63) is 0 Å². The second kappa shape index (κ2) is 54.5. The fourth-order valence-corrected chi connectivity index (χ4v) is 10.9. The maximum absolute atomic E-state index is 13.0. The molecule has 0 heterocycles. The number of carbonyl (C=O) groups excluding carboxylic acids is 4. The van der Waals surface area contributed by atoms with Gasteiger partial charge in [0.25, 0.3) is 0 Å². The van der Waals surface area contributed by atoms with E-state index in [2.05, 4.69) is 48.5 Å². The largest absolute Gasteiger partial charge is 0.472 e. The second-order valence-electron chi connectivity index (χ2n) is 24.2. The summed E-state index contributed by atoms with van der Waals surface area (Å²) in [5.41, 5.74) is 0. The molecule has 5 atom stereocenters. The maximum Gasteiger partial charge on any atom is 0.472 e. The molecule has 486 valence electrons. The molecule has 0 aromatic rings. The predicted molar refractivity (Wildman–Crippen MR) is 326 cm³/mol. The van der Waals surface area contributed by atoms with Gasteiger partial charge in [-0.15, -0.1) is 0 Å². The summed E-state index contributed by atoms with van der Waals surface area (Å²) in [4.78, 5) is 72.1. The molecule has 0 aromatic carbocycles. The quantitative estimate of drug-likeness (QED) is 0.0222. The van der Waals surface area contributed by atoms with Crippen LogP contribution in [0.15, 0.2) is 0 Å². The van der Waals surface area contributed by atoms with Crippen LogP contribution < -0.4 is 0 Å². The van der Waals surface area contributed by atoms with E-state index in [4.69, 9.17) is 37.0 Å². The van der Waals surface area contributed by atoms with E-state index < -0.39 is 97.5 Å². The minimum absolute atomic E-state index is 0.103. The molecule has 3 N–H and O–H groups in total. The lowest BCUT2D eigenvalue weighted by atomic mass is 10.0. The lowest BCUT2D eigenvalue weighted by molar-refractivity contribution is -0.161. The Morgan fingerprint density at radius 1 is 0.329 bits per heavy atom. The minimum atomic E-state index is -4.94. The Bertz CT molecular complexity index is 1630. The summed E-state index contributed by atoms with van der Waals surface area (Å²) >= 11 is 0. The molecule has 0 radical (unpaired) electrons. The molecule has 0 bridgehead atoms. The smallest absolute Gasteiger partial charge is 0.462 e. The van der Waals surface area contributed by atoms with Gasteiger partial charge in [-0.3, -0.25) is 37.3 Å². The normalized spacial score (nSPS) is 14.4. The molecule has 17 nitrogen and oxygen atoms in total. The minimum Gasteiger partial charge on any atom is -0.462 e. The van der Waals surface area contributed by atoms with E-state index in [9.17, 15) is 43.2 Å². The SMILES string of the molecule is CCCCCCCCCCCCC(=O)OC[C@H](COP(=O)(O)OC[C@H](O)COP(=O)(O)OC[C@@H](COC(=O)CCCCCCCCCC(C)C)OC(=O)CCCCCCCCCCCC(C)C)OC(=O)CCCCCCCCCC(C)C. The predicted octanol–water partition coefficient (Wildman–Crippen LogP) is 17.1. The van der Waals surface area contributed by atoms with Gasteiger partial charge in [-0.25, -0.2) is 9.13 Å². The van der Waals surface area contributed by atoms with Crippen molar-refractivity contribution < 1.29 is 80.2 Å². The van der Waals surface area contributed by atoms with Gasteiger partial charge < -0.3 is 33.8 Å². The number of phosphoric ester groups is 2. The zero-order valence-electron chi connectivity index (χ0n) is 52.9. The summed E-state index contributed by atoms with van der Waals surface area (Å²) < 4.78 is 67.9. The van der Waals surface area contributed by atoms with Gasteiger partial charge in [-0.2, -0.15) is 0 Å². The molecule has 0 fully saturated rings. The monoisotopic (exact) mass is 1210 g/mol. The van der Waals surface area contributed by atoms with Gasteiger partial charge in [0, 0.05) is 25.7 Å². The van der Waals surface area contributed by atoms with Crippen LogP contribution in [0, 0.1) is 17.8 Å². The van der Waals surface area contributed by atoms with E-state index in [0.717, 1.165) is 102 Å². The highest BCUT2D eigenvalue weighted by molar-refractivity contribution is 7.47. The van der Waals surface area contributed by atoms with Crippen LogP contribution in [-0.2, 0) is 65.4 Å². The van der Waals surface area contributed by atoms with Crippen molar-refractivity contribution >= 4 is 39.5 Å². The van der Waals surface area contributed by atoms with Gasteiger partial charge in [-0.05, 0) is 43.4 Å². The van der Waals surface area contributed by atoms with E-state index in [-0.39, 0.29) is 25.7 Å². The van der Waals surface area contributed by atoms with Crippen LogP contribution in [0.4, 0.5) is 0 Å². The van der Waals surface area contributed by atoms with Gasteiger partial charge in [0.05, 0.1) is 26.4 Å². The maximum atomic E-state index is 13.0. The number of aliphatic hydroxyl groups is 1. The first kappa shape index (κ1) is 80.1. The number of hydrogen-bond donors (Lipinski definition) is 3. The number of carbonyl (C=O) groups is 4. The Balaban J connectivity index is 5.25. The number of hydrogen-bond acceptors (Lipinski definition) is 15. The first-order valence-electron chi connectivity index (χ1n) is 32.8. The summed E-state index contributed by atoms with van der Waals surface area (Å²) in [5, 5.41) is 10.5. The molecular formula is C63H122O17P2. The lowest BCUT2D eigenvalue weighted by Gasteiger charge is -2.21. The van der Waals surface area contributed by atoms with Crippen LogP contribution in [0.3, 0.4) is 0 Å². The topological polar surface area (TPSA) is 237 Å². The number of unbranched alkanes of at least 4 members (excludes halogenated alkanes) is 29. The number of ether oxygens (including phenoxy) is 4. The van der Waals surface area contributed by atoms with Crippen LogP contribution in [0.5, 0.6) is 0 Å². The summed E-state index contributed by atoms with van der Waals surface area (Å²) in [7, 11) is -9.88. The van der Waals surface area contributed by atoms with Gasteiger partial charge in [0.1, 0.15) is 19.3 Å². The molecule has 2 unspecified atom stereocenters. The zero-order valence-corrected chi connectivity index (χ0v) is 54.7. The second-order valence-corrected chi connectivity index (χ2v) is 27.1. The van der Waals surface area contributed by atoms with Crippen LogP contribution in [-0.4, -0.2) is 96.7 Å². The average Bonchev–Trinajstić information content (AvgIpc) is 3.42. The molecule has 82 heavy (non-hydrogen) atoms. The number of esters is 4. The van der Waals surface area contributed by atoms with E-state index in [1.54, 1.807) is 0 Å². The van der Waals surface area contributed by atoms with Crippen molar-refractivity contribution in [3.8, 4) is 0 Å². The average molecular weight is 1210 g/mol. The molecule has 0 saturated heterocycles. The third kappa shape index (κ3) is 57.2. The molecule has 0 rings (SSSR count). The van der Waals surface area contributed by atoms with Crippen LogP contribution in [0.1, 0.15) is 305 Å². The Labute approximate surface area is 498 Å².